The van der Waals surface area contributed by atoms with Crippen molar-refractivity contribution in [1.29, 1.82) is 0 Å². The molecule has 2 amide bonds. The van der Waals surface area contributed by atoms with Crippen LogP contribution in [0.4, 0.5) is 0 Å². The molecule has 0 radical (unpaired) electrons. The maximum atomic E-state index is 12.1. The van der Waals surface area contributed by atoms with Crippen LogP contribution in [0.25, 0.3) is 0 Å². The van der Waals surface area contributed by atoms with E-state index in [0.29, 0.717) is 5.56 Å². The van der Waals surface area contributed by atoms with Crippen LogP contribution in [0.1, 0.15) is 20.7 Å². The molecular weight excluding hydrogens is 386 g/mol. The Balaban J connectivity index is 2.08. The number of thioether (sulfide) groups is 1. The number of carbonyl (C=O) groups excluding carboxylic acids is 2. The maximum Gasteiger partial charge on any atom is 0.269 e. The van der Waals surface area contributed by atoms with Crippen molar-refractivity contribution in [2.24, 2.45) is 5.14 Å². The minimum absolute atomic E-state index is 0.0218. The summed E-state index contributed by atoms with van der Waals surface area (Å²) in [6.07, 6.45) is 1.91. The molecule has 0 unspecified atom stereocenters. The molecule has 132 valence electrons. The van der Waals surface area contributed by atoms with Gasteiger partial charge < -0.3 is 0 Å². The molecule has 0 heterocycles. The summed E-state index contributed by atoms with van der Waals surface area (Å²) in [5.74, 6) is -1.22. The molecule has 7 nitrogen and oxygen atoms in total. The van der Waals surface area contributed by atoms with Gasteiger partial charge in [-0.2, -0.15) is 0 Å². The van der Waals surface area contributed by atoms with E-state index < -0.39 is 21.8 Å². The van der Waals surface area contributed by atoms with E-state index in [9.17, 15) is 18.0 Å². The zero-order valence-electron chi connectivity index (χ0n) is 12.9. The second-order valence-electron chi connectivity index (χ2n) is 4.83. The van der Waals surface area contributed by atoms with Crippen molar-refractivity contribution in [1.82, 2.24) is 10.9 Å². The number of halogens is 1. The molecule has 0 saturated carbocycles. The van der Waals surface area contributed by atoms with Gasteiger partial charge in [0.05, 0.1) is 5.02 Å². The quantitative estimate of drug-likeness (QED) is 0.535. The van der Waals surface area contributed by atoms with Crippen molar-refractivity contribution in [2.45, 2.75) is 9.79 Å². The molecule has 0 atom stereocenters. The zero-order valence-corrected chi connectivity index (χ0v) is 15.3. The van der Waals surface area contributed by atoms with Crippen LogP contribution >= 0.6 is 23.4 Å². The first-order valence-corrected chi connectivity index (χ1v) is 9.94. The molecule has 0 aliphatic carbocycles. The topological polar surface area (TPSA) is 118 Å². The fraction of sp³-hybridized carbons (Fsp3) is 0.0667. The van der Waals surface area contributed by atoms with Crippen molar-refractivity contribution < 1.29 is 18.0 Å². The Morgan fingerprint density at radius 2 is 1.52 bits per heavy atom. The third-order valence-electron chi connectivity index (χ3n) is 3.14. The first kappa shape index (κ1) is 19.3. The molecule has 4 N–H and O–H groups in total. The molecule has 0 aliphatic heterocycles. The number of nitrogens with two attached hydrogens (primary N) is 1. The summed E-state index contributed by atoms with van der Waals surface area (Å²) in [7, 11) is -4.07. The van der Waals surface area contributed by atoms with Crippen LogP contribution in [0.5, 0.6) is 0 Å². The number of hydrazine groups is 1. The maximum absolute atomic E-state index is 12.1. The summed E-state index contributed by atoms with van der Waals surface area (Å²) in [5, 5.41) is 4.93. The van der Waals surface area contributed by atoms with Gasteiger partial charge in [-0.3, -0.25) is 20.4 Å². The van der Waals surface area contributed by atoms with Crippen molar-refractivity contribution in [3.05, 3.63) is 58.6 Å². The van der Waals surface area contributed by atoms with Gasteiger partial charge in [-0.1, -0.05) is 11.6 Å². The molecule has 10 heteroatoms. The van der Waals surface area contributed by atoms with E-state index in [1.54, 1.807) is 24.3 Å². The predicted molar refractivity (Wildman–Crippen MR) is 96.0 cm³/mol. The average Bonchev–Trinajstić information content (AvgIpc) is 2.58. The monoisotopic (exact) mass is 399 g/mol. The standard InChI is InChI=1S/C15H14ClN3O4S2/c1-24-11-5-2-9(3-6-11)14(20)18-19-15(21)10-4-7-12(16)13(8-10)25(17,22)23/h2-8H,1H3,(H,18,20)(H,19,21)(H2,17,22,23). The highest BCUT2D eigenvalue weighted by molar-refractivity contribution is 7.98. The van der Waals surface area contributed by atoms with Crippen LogP contribution in [0.3, 0.4) is 0 Å². The summed E-state index contributed by atoms with van der Waals surface area (Å²) < 4.78 is 22.8. The van der Waals surface area contributed by atoms with Gasteiger partial charge in [-0.25, -0.2) is 13.6 Å². The van der Waals surface area contributed by atoms with Crippen LogP contribution in [-0.4, -0.2) is 26.5 Å². The van der Waals surface area contributed by atoms with Gasteiger partial charge in [-0.05, 0) is 48.7 Å². The van der Waals surface area contributed by atoms with Crippen LogP contribution in [0.2, 0.25) is 5.02 Å². The highest BCUT2D eigenvalue weighted by Crippen LogP contribution is 2.21. The average molecular weight is 400 g/mol. The Morgan fingerprint density at radius 3 is 2.04 bits per heavy atom. The fourth-order valence-corrected chi connectivity index (χ4v) is 3.34. The van der Waals surface area contributed by atoms with E-state index in [-0.39, 0.29) is 15.5 Å². The van der Waals surface area contributed by atoms with Crippen molar-refractivity contribution >= 4 is 45.2 Å². The summed E-state index contributed by atoms with van der Waals surface area (Å²) in [5.41, 5.74) is 4.79. The number of primary sulfonamides is 1. The number of carbonyl (C=O) groups is 2. The molecule has 2 aromatic rings. The van der Waals surface area contributed by atoms with Gasteiger partial charge in [0.15, 0.2) is 0 Å². The molecule has 0 spiro atoms. The molecular formula is C15H14ClN3O4S2. The third-order valence-corrected chi connectivity index (χ3v) is 5.28. The molecule has 2 rings (SSSR count). The van der Waals surface area contributed by atoms with Crippen molar-refractivity contribution in [2.75, 3.05) is 6.26 Å². The van der Waals surface area contributed by atoms with Crippen molar-refractivity contribution in [3.8, 4) is 0 Å². The molecule has 0 aliphatic rings. The van der Waals surface area contributed by atoms with Crippen LogP contribution < -0.4 is 16.0 Å². The van der Waals surface area contributed by atoms with E-state index in [0.717, 1.165) is 11.0 Å². The van der Waals surface area contributed by atoms with E-state index in [4.69, 9.17) is 16.7 Å². The lowest BCUT2D eigenvalue weighted by Gasteiger charge is -2.09. The number of benzene rings is 2. The molecule has 0 bridgehead atoms. The zero-order chi connectivity index (χ0) is 18.6. The van der Waals surface area contributed by atoms with E-state index in [2.05, 4.69) is 10.9 Å². The minimum atomic E-state index is -4.07. The first-order chi connectivity index (χ1) is 11.7. The summed E-state index contributed by atoms with van der Waals surface area (Å²) >= 11 is 7.29. The lowest BCUT2D eigenvalue weighted by atomic mass is 10.2. The van der Waals surface area contributed by atoms with Gasteiger partial charge in [0.25, 0.3) is 11.8 Å². The smallest absolute Gasteiger partial charge is 0.267 e. The largest absolute Gasteiger partial charge is 0.269 e. The Hall–Kier alpha value is -2.07. The molecule has 0 aromatic heterocycles. The number of amides is 2. The minimum Gasteiger partial charge on any atom is -0.267 e. The van der Waals surface area contributed by atoms with Crippen LogP contribution in [0.15, 0.2) is 52.3 Å². The summed E-state index contributed by atoms with van der Waals surface area (Å²) in [6.45, 7) is 0. The van der Waals surface area contributed by atoms with Gasteiger partial charge in [0.1, 0.15) is 4.90 Å². The number of hydrogen-bond donors (Lipinski definition) is 3. The lowest BCUT2D eigenvalue weighted by Crippen LogP contribution is -2.41. The summed E-state index contributed by atoms with van der Waals surface area (Å²) in [6, 6.07) is 10.4. The highest BCUT2D eigenvalue weighted by atomic mass is 35.5. The lowest BCUT2D eigenvalue weighted by molar-refractivity contribution is 0.0846. The number of rotatable bonds is 4. The Labute approximate surface area is 154 Å². The molecule has 0 fully saturated rings. The third kappa shape index (κ3) is 4.95. The highest BCUT2D eigenvalue weighted by Gasteiger charge is 2.17. The predicted octanol–water partition coefficient (Wildman–Crippen LogP) is 1.78. The number of sulfonamides is 1. The second kappa shape index (κ2) is 7.87. The fourth-order valence-electron chi connectivity index (χ4n) is 1.86. The van der Waals surface area contributed by atoms with Crippen LogP contribution in [-0.2, 0) is 10.0 Å². The second-order valence-corrected chi connectivity index (χ2v) is 7.64. The van der Waals surface area contributed by atoms with Crippen molar-refractivity contribution in [3.63, 3.8) is 0 Å². The normalized spacial score (nSPS) is 11.0. The Kier molecular flexibility index (Phi) is 6.07. The molecule has 25 heavy (non-hydrogen) atoms. The van der Waals surface area contributed by atoms with Gasteiger partial charge >= 0.3 is 0 Å². The Morgan fingerprint density at radius 1 is 1.00 bits per heavy atom. The van der Waals surface area contributed by atoms with E-state index in [1.807, 2.05) is 6.26 Å². The van der Waals surface area contributed by atoms with Gasteiger partial charge in [-0.15, -0.1) is 11.8 Å². The number of nitrogens with one attached hydrogen (secondary N) is 2. The van der Waals surface area contributed by atoms with E-state index >= 15 is 0 Å². The van der Waals surface area contributed by atoms with E-state index in [1.165, 1.54) is 23.9 Å². The molecule has 2 aromatic carbocycles. The Bertz CT molecular complexity index is 915. The molecule has 0 saturated heterocycles. The number of hydrogen-bond acceptors (Lipinski definition) is 5. The SMILES string of the molecule is CSc1ccc(C(=O)NNC(=O)c2ccc(Cl)c(S(N)(=O)=O)c2)cc1. The van der Waals surface area contributed by atoms with Gasteiger partial charge in [0, 0.05) is 16.0 Å². The van der Waals surface area contributed by atoms with Crippen LogP contribution in [0, 0.1) is 0 Å². The summed E-state index contributed by atoms with van der Waals surface area (Å²) in [4.78, 5) is 24.7. The first-order valence-electron chi connectivity index (χ1n) is 6.79. The van der Waals surface area contributed by atoms with Gasteiger partial charge in [0.2, 0.25) is 10.0 Å².